The zero-order valence-corrected chi connectivity index (χ0v) is 17.6. The zero-order valence-electron chi connectivity index (χ0n) is 17.6. The molecule has 1 spiro atoms. The molecular weight excluding hydrogens is 394 g/mol. The first-order valence-corrected chi connectivity index (χ1v) is 10.4. The Kier molecular flexibility index (Phi) is 4.79. The van der Waals surface area contributed by atoms with Gasteiger partial charge in [0.05, 0.1) is 18.5 Å². The van der Waals surface area contributed by atoms with Crippen LogP contribution in [0.5, 0.6) is 5.75 Å². The molecule has 2 aromatic carbocycles. The minimum absolute atomic E-state index is 0.406. The van der Waals surface area contributed by atoms with Crippen LogP contribution in [0.4, 0.5) is 4.79 Å². The summed E-state index contributed by atoms with van der Waals surface area (Å²) in [5, 5.41) is 1.13. The predicted molar refractivity (Wildman–Crippen MR) is 116 cm³/mol. The Balaban J connectivity index is 1.43. The second-order valence-electron chi connectivity index (χ2n) is 8.11. The first kappa shape index (κ1) is 19.8. The van der Waals surface area contributed by atoms with Crippen molar-refractivity contribution >= 4 is 16.9 Å². The van der Waals surface area contributed by atoms with Gasteiger partial charge in [-0.1, -0.05) is 24.3 Å². The molecule has 1 saturated heterocycles. The van der Waals surface area contributed by atoms with E-state index in [0.29, 0.717) is 26.0 Å². The molecule has 5 rings (SSSR count). The summed E-state index contributed by atoms with van der Waals surface area (Å²) >= 11 is 0. The van der Waals surface area contributed by atoms with Gasteiger partial charge in [0.15, 0.2) is 0 Å². The third-order valence-electron chi connectivity index (χ3n) is 6.31. The van der Waals surface area contributed by atoms with Crippen LogP contribution in [-0.4, -0.2) is 41.6 Å². The molecule has 2 amide bonds. The van der Waals surface area contributed by atoms with Crippen molar-refractivity contribution in [3.63, 3.8) is 0 Å². The van der Waals surface area contributed by atoms with Crippen LogP contribution in [0.3, 0.4) is 0 Å². The minimum atomic E-state index is -0.816. The van der Waals surface area contributed by atoms with Gasteiger partial charge >= 0.3 is 6.03 Å². The van der Waals surface area contributed by atoms with Crippen molar-refractivity contribution in [1.82, 2.24) is 9.88 Å². The van der Waals surface area contributed by atoms with Gasteiger partial charge < -0.3 is 19.9 Å². The number of methoxy groups -OCH3 is 1. The number of nitrogens with two attached hydrogens (primary N) is 1. The summed E-state index contributed by atoms with van der Waals surface area (Å²) < 4.78 is 18.0. The normalized spacial score (nSPS) is 22.9. The van der Waals surface area contributed by atoms with Gasteiger partial charge in [0, 0.05) is 37.2 Å². The number of nitrogens with zero attached hydrogens (tertiary/aromatic N) is 2. The van der Waals surface area contributed by atoms with E-state index in [1.807, 2.05) is 18.3 Å². The van der Waals surface area contributed by atoms with Crippen molar-refractivity contribution in [2.24, 2.45) is 5.73 Å². The number of aromatic nitrogens is 1. The molecule has 0 aliphatic carbocycles. The van der Waals surface area contributed by atoms with Crippen molar-refractivity contribution in [1.29, 1.82) is 0 Å². The van der Waals surface area contributed by atoms with E-state index in [1.165, 1.54) is 4.90 Å². The van der Waals surface area contributed by atoms with Gasteiger partial charge in [-0.2, -0.15) is 0 Å². The number of aryl methyl sites for hydroxylation is 1. The smallest absolute Gasteiger partial charge is 0.316 e. The minimum Gasteiger partial charge on any atom is -0.462 e. The fourth-order valence-electron chi connectivity index (χ4n) is 4.60. The molecule has 1 fully saturated rings. The van der Waals surface area contributed by atoms with Crippen molar-refractivity contribution in [2.75, 3.05) is 13.7 Å². The fourth-order valence-corrected chi connectivity index (χ4v) is 4.60. The van der Waals surface area contributed by atoms with Crippen LogP contribution in [-0.2, 0) is 16.1 Å². The summed E-state index contributed by atoms with van der Waals surface area (Å²) in [6.45, 7) is 2.95. The molecule has 160 valence electrons. The Morgan fingerprint density at radius 1 is 1.29 bits per heavy atom. The Morgan fingerprint density at radius 2 is 2.16 bits per heavy atom. The van der Waals surface area contributed by atoms with Crippen LogP contribution in [0.1, 0.15) is 24.0 Å². The van der Waals surface area contributed by atoms with Gasteiger partial charge in [0.1, 0.15) is 12.0 Å². The van der Waals surface area contributed by atoms with E-state index in [0.717, 1.165) is 38.9 Å². The third-order valence-corrected chi connectivity index (χ3v) is 6.31. The predicted octanol–water partition coefficient (Wildman–Crippen LogP) is 3.96. The molecule has 7 nitrogen and oxygen atoms in total. The van der Waals surface area contributed by atoms with Crippen LogP contribution in [0.2, 0.25) is 0 Å². The number of carbonyl (C=O) groups is 1. The lowest BCUT2D eigenvalue weighted by atomic mass is 9.95. The summed E-state index contributed by atoms with van der Waals surface area (Å²) in [6.07, 6.45) is 2.29. The molecular formula is C24H25N3O4. The average molecular weight is 419 g/mol. The number of amides is 2. The molecule has 0 bridgehead atoms. The molecule has 2 unspecified atom stereocenters. The van der Waals surface area contributed by atoms with Crippen molar-refractivity contribution in [2.45, 2.75) is 38.4 Å². The van der Waals surface area contributed by atoms with Crippen LogP contribution in [0.15, 0.2) is 48.7 Å². The first-order chi connectivity index (χ1) is 15.0. The molecule has 0 radical (unpaired) electrons. The highest BCUT2D eigenvalue weighted by molar-refractivity contribution is 5.88. The Morgan fingerprint density at radius 3 is 2.97 bits per heavy atom. The SMILES string of the molecule is COC1CC2(CCN1C(N)=O)OCc1cc(-c3ccc4cccnc4c3C)ccc1O2. The summed E-state index contributed by atoms with van der Waals surface area (Å²) in [5.74, 6) is -0.0156. The molecule has 2 aliphatic rings. The van der Waals surface area contributed by atoms with Crippen LogP contribution in [0, 0.1) is 6.92 Å². The van der Waals surface area contributed by atoms with E-state index >= 15 is 0 Å². The monoisotopic (exact) mass is 419 g/mol. The average Bonchev–Trinajstić information content (AvgIpc) is 2.79. The zero-order chi connectivity index (χ0) is 21.6. The second kappa shape index (κ2) is 7.51. The first-order valence-electron chi connectivity index (χ1n) is 10.4. The summed E-state index contributed by atoms with van der Waals surface area (Å²) in [4.78, 5) is 17.7. The van der Waals surface area contributed by atoms with E-state index in [9.17, 15) is 4.79 Å². The van der Waals surface area contributed by atoms with Gasteiger partial charge in [-0.25, -0.2) is 4.79 Å². The molecule has 1 aromatic heterocycles. The highest BCUT2D eigenvalue weighted by atomic mass is 16.7. The molecule has 2 aliphatic heterocycles. The highest BCUT2D eigenvalue weighted by Crippen LogP contribution is 2.41. The van der Waals surface area contributed by atoms with Crippen molar-refractivity contribution in [3.8, 4) is 16.9 Å². The number of piperidine rings is 1. The Labute approximate surface area is 180 Å². The molecule has 2 N–H and O–H groups in total. The number of urea groups is 1. The largest absolute Gasteiger partial charge is 0.462 e. The van der Waals surface area contributed by atoms with Gasteiger partial charge in [0.2, 0.25) is 5.79 Å². The lowest BCUT2D eigenvalue weighted by molar-refractivity contribution is -0.253. The highest BCUT2D eigenvalue weighted by Gasteiger charge is 2.46. The second-order valence-corrected chi connectivity index (χ2v) is 8.11. The van der Waals surface area contributed by atoms with Crippen LogP contribution < -0.4 is 10.5 Å². The number of hydrogen-bond donors (Lipinski definition) is 1. The molecule has 3 heterocycles. The van der Waals surface area contributed by atoms with Crippen LogP contribution >= 0.6 is 0 Å². The molecule has 7 heteroatoms. The summed E-state index contributed by atoms with van der Waals surface area (Å²) in [5.41, 5.74) is 10.9. The number of ether oxygens (including phenoxy) is 3. The number of primary amides is 1. The maximum absolute atomic E-state index is 11.7. The third kappa shape index (κ3) is 3.40. The van der Waals surface area contributed by atoms with E-state index in [-0.39, 0.29) is 0 Å². The van der Waals surface area contributed by atoms with Gasteiger partial charge in [-0.05, 0) is 41.8 Å². The van der Waals surface area contributed by atoms with Crippen molar-refractivity contribution in [3.05, 3.63) is 59.8 Å². The molecule has 0 saturated carbocycles. The fraction of sp³-hybridized carbons (Fsp3) is 0.333. The number of likely N-dealkylation sites (tertiary alicyclic amines) is 1. The van der Waals surface area contributed by atoms with Crippen LogP contribution in [0.25, 0.3) is 22.0 Å². The van der Waals surface area contributed by atoms with E-state index in [4.69, 9.17) is 19.9 Å². The lowest BCUT2D eigenvalue weighted by Gasteiger charge is -2.46. The van der Waals surface area contributed by atoms with Gasteiger partial charge in [-0.3, -0.25) is 9.88 Å². The maximum Gasteiger partial charge on any atom is 0.316 e. The molecule has 3 aromatic rings. The van der Waals surface area contributed by atoms with E-state index in [2.05, 4.69) is 42.2 Å². The number of fused-ring (bicyclic) bond motifs is 2. The summed E-state index contributed by atoms with van der Waals surface area (Å²) in [7, 11) is 1.56. The maximum atomic E-state index is 11.7. The topological polar surface area (TPSA) is 86.9 Å². The van der Waals surface area contributed by atoms with E-state index < -0.39 is 18.0 Å². The van der Waals surface area contributed by atoms with Gasteiger partial charge in [-0.15, -0.1) is 0 Å². The number of hydrogen-bond acceptors (Lipinski definition) is 5. The van der Waals surface area contributed by atoms with E-state index in [1.54, 1.807) is 7.11 Å². The number of benzene rings is 2. The molecule has 2 atom stereocenters. The Bertz CT molecular complexity index is 1160. The number of carbonyl (C=O) groups excluding carboxylic acids is 1. The van der Waals surface area contributed by atoms with Crippen molar-refractivity contribution < 1.29 is 19.0 Å². The molecule has 31 heavy (non-hydrogen) atoms. The Hall–Kier alpha value is -3.16. The number of pyridine rings is 1. The quantitative estimate of drug-likeness (QED) is 0.679. The van der Waals surface area contributed by atoms with Gasteiger partial charge in [0.25, 0.3) is 0 Å². The standard InChI is InChI=1S/C24H25N3O4/c1-15-19(7-5-16-4-3-10-26-22(15)16)17-6-8-20-18(12-17)14-30-24(31-20)9-11-27(23(25)28)21(13-24)29-2/h3-8,10,12,21H,9,11,13-14H2,1-2H3,(H2,25,28). The number of rotatable bonds is 2. The summed E-state index contributed by atoms with van der Waals surface area (Å²) in [6, 6.07) is 13.9. The lowest BCUT2D eigenvalue weighted by Crippen LogP contribution is -2.58.